The van der Waals surface area contributed by atoms with Crippen molar-refractivity contribution in [3.05, 3.63) is 35.9 Å². The van der Waals surface area contributed by atoms with Gasteiger partial charge in [-0.05, 0) is 26.0 Å². The van der Waals surface area contributed by atoms with Gasteiger partial charge >= 0.3 is 0 Å². The lowest BCUT2D eigenvalue weighted by atomic mass is 9.86. The number of benzene rings is 1. The van der Waals surface area contributed by atoms with Crippen LogP contribution in [0.3, 0.4) is 0 Å². The van der Waals surface area contributed by atoms with Crippen LogP contribution in [-0.2, 0) is 5.54 Å². The highest BCUT2D eigenvalue weighted by atomic mass is 14.9. The molecule has 0 fully saturated rings. The Morgan fingerprint density at radius 3 is 1.77 bits per heavy atom. The fraction of sp³-hybridized carbons (Fsp3) is 0.714. The molecular weight excluding hydrogens is 266 g/mol. The zero-order valence-electron chi connectivity index (χ0n) is 15.2. The van der Waals surface area contributed by atoms with Gasteiger partial charge in [-0.3, -0.25) is 0 Å². The molecule has 0 aliphatic carbocycles. The molecule has 0 aliphatic rings. The van der Waals surface area contributed by atoms with Crippen LogP contribution in [0.1, 0.15) is 90.0 Å². The van der Waals surface area contributed by atoms with Crippen LogP contribution in [0.2, 0.25) is 0 Å². The van der Waals surface area contributed by atoms with Crippen molar-refractivity contribution in [1.82, 2.24) is 5.32 Å². The molecule has 0 aromatic heterocycles. The quantitative estimate of drug-likeness (QED) is 0.414. The molecule has 1 N–H and O–H groups in total. The molecule has 1 nitrogen and oxygen atoms in total. The Morgan fingerprint density at radius 1 is 0.773 bits per heavy atom. The van der Waals surface area contributed by atoms with Gasteiger partial charge in [0.25, 0.3) is 0 Å². The maximum absolute atomic E-state index is 3.53. The molecule has 0 bridgehead atoms. The first-order valence-electron chi connectivity index (χ1n) is 9.47. The SMILES string of the molecule is CCCCCCCCCCCCC(C)(NC)c1ccccc1. The third kappa shape index (κ3) is 7.45. The molecule has 0 radical (unpaired) electrons. The Hall–Kier alpha value is -0.820. The van der Waals surface area contributed by atoms with Gasteiger partial charge in [0.1, 0.15) is 0 Å². The molecule has 1 aromatic rings. The second-order valence-corrected chi connectivity index (χ2v) is 6.88. The standard InChI is InChI=1S/C21H37N/c1-4-5-6-7-8-9-10-11-12-16-19-21(2,22-3)20-17-14-13-15-18-20/h13-15,17-18,22H,4-12,16,19H2,1-3H3. The highest BCUT2D eigenvalue weighted by Crippen LogP contribution is 2.26. The molecule has 1 heteroatoms. The summed E-state index contributed by atoms with van der Waals surface area (Å²) >= 11 is 0. The predicted octanol–water partition coefficient (Wildman–Crippen LogP) is 6.43. The molecule has 1 rings (SSSR count). The van der Waals surface area contributed by atoms with E-state index in [0.717, 1.165) is 0 Å². The predicted molar refractivity (Wildman–Crippen MR) is 99.3 cm³/mol. The minimum Gasteiger partial charge on any atom is -0.311 e. The molecule has 22 heavy (non-hydrogen) atoms. The van der Waals surface area contributed by atoms with Crippen molar-refractivity contribution in [3.63, 3.8) is 0 Å². The largest absolute Gasteiger partial charge is 0.311 e. The Bertz CT molecular complexity index is 359. The average molecular weight is 304 g/mol. The summed E-state index contributed by atoms with van der Waals surface area (Å²) in [4.78, 5) is 0. The monoisotopic (exact) mass is 303 g/mol. The van der Waals surface area contributed by atoms with E-state index < -0.39 is 0 Å². The van der Waals surface area contributed by atoms with Crippen molar-refractivity contribution >= 4 is 0 Å². The second kappa shape index (κ2) is 11.7. The summed E-state index contributed by atoms with van der Waals surface area (Å²) in [7, 11) is 2.09. The van der Waals surface area contributed by atoms with Crippen molar-refractivity contribution < 1.29 is 0 Å². The first-order chi connectivity index (χ1) is 10.7. The summed E-state index contributed by atoms with van der Waals surface area (Å²) in [6.45, 7) is 4.62. The topological polar surface area (TPSA) is 12.0 Å². The lowest BCUT2D eigenvalue weighted by molar-refractivity contribution is 0.351. The fourth-order valence-corrected chi connectivity index (χ4v) is 3.19. The molecule has 0 heterocycles. The van der Waals surface area contributed by atoms with E-state index in [4.69, 9.17) is 0 Å². The van der Waals surface area contributed by atoms with E-state index in [1.807, 2.05) is 0 Å². The molecule has 1 aromatic carbocycles. The summed E-state index contributed by atoms with van der Waals surface area (Å²) in [6, 6.07) is 10.9. The average Bonchev–Trinajstić information content (AvgIpc) is 2.57. The molecule has 1 unspecified atom stereocenters. The Kier molecular flexibility index (Phi) is 10.2. The smallest absolute Gasteiger partial charge is 0.0403 e. The Balaban J connectivity index is 2.10. The summed E-state index contributed by atoms with van der Waals surface area (Å²) in [5, 5.41) is 3.53. The molecular formula is C21H37N. The molecule has 1 atom stereocenters. The normalized spacial score (nSPS) is 14.0. The van der Waals surface area contributed by atoms with Crippen molar-refractivity contribution in [2.45, 2.75) is 90.0 Å². The van der Waals surface area contributed by atoms with E-state index in [-0.39, 0.29) is 5.54 Å². The summed E-state index contributed by atoms with van der Waals surface area (Å²) < 4.78 is 0. The lowest BCUT2D eigenvalue weighted by Crippen LogP contribution is -2.36. The van der Waals surface area contributed by atoms with Gasteiger partial charge in [-0.1, -0.05) is 101 Å². The van der Waals surface area contributed by atoms with E-state index >= 15 is 0 Å². The van der Waals surface area contributed by atoms with E-state index in [1.54, 1.807) is 0 Å². The van der Waals surface area contributed by atoms with Crippen molar-refractivity contribution in [3.8, 4) is 0 Å². The summed E-state index contributed by atoms with van der Waals surface area (Å²) in [5.74, 6) is 0. The van der Waals surface area contributed by atoms with E-state index in [2.05, 4.69) is 56.5 Å². The van der Waals surface area contributed by atoms with Crippen LogP contribution >= 0.6 is 0 Å². The van der Waals surface area contributed by atoms with Crippen LogP contribution < -0.4 is 5.32 Å². The van der Waals surface area contributed by atoms with Crippen molar-refractivity contribution in [1.29, 1.82) is 0 Å². The van der Waals surface area contributed by atoms with Crippen LogP contribution in [0.4, 0.5) is 0 Å². The second-order valence-electron chi connectivity index (χ2n) is 6.88. The van der Waals surface area contributed by atoms with Gasteiger partial charge in [0.15, 0.2) is 0 Å². The van der Waals surface area contributed by atoms with Gasteiger partial charge in [0, 0.05) is 5.54 Å². The summed E-state index contributed by atoms with van der Waals surface area (Å²) in [6.07, 6.45) is 15.3. The first kappa shape index (κ1) is 19.2. The van der Waals surface area contributed by atoms with E-state index in [0.29, 0.717) is 0 Å². The maximum Gasteiger partial charge on any atom is 0.0403 e. The minimum absolute atomic E-state index is 0.126. The third-order valence-electron chi connectivity index (χ3n) is 4.99. The van der Waals surface area contributed by atoms with Gasteiger partial charge < -0.3 is 5.32 Å². The molecule has 0 saturated carbocycles. The first-order valence-corrected chi connectivity index (χ1v) is 9.47. The summed E-state index contributed by atoms with van der Waals surface area (Å²) in [5.41, 5.74) is 1.54. The highest BCUT2D eigenvalue weighted by Gasteiger charge is 2.23. The zero-order chi connectivity index (χ0) is 16.1. The van der Waals surface area contributed by atoms with Crippen molar-refractivity contribution in [2.75, 3.05) is 7.05 Å². The minimum atomic E-state index is 0.126. The van der Waals surface area contributed by atoms with Gasteiger partial charge in [0.2, 0.25) is 0 Å². The van der Waals surface area contributed by atoms with E-state index in [9.17, 15) is 0 Å². The molecule has 0 saturated heterocycles. The fourth-order valence-electron chi connectivity index (χ4n) is 3.19. The maximum atomic E-state index is 3.53. The van der Waals surface area contributed by atoms with E-state index in [1.165, 1.54) is 76.2 Å². The van der Waals surface area contributed by atoms with Gasteiger partial charge in [-0.15, -0.1) is 0 Å². The number of nitrogens with one attached hydrogen (secondary N) is 1. The molecule has 0 aliphatic heterocycles. The number of unbranched alkanes of at least 4 members (excludes halogenated alkanes) is 9. The zero-order valence-corrected chi connectivity index (χ0v) is 15.2. The molecule has 126 valence electrons. The number of rotatable bonds is 13. The van der Waals surface area contributed by atoms with Crippen LogP contribution in [0.5, 0.6) is 0 Å². The van der Waals surface area contributed by atoms with Gasteiger partial charge in [-0.25, -0.2) is 0 Å². The molecule has 0 spiro atoms. The van der Waals surface area contributed by atoms with Crippen molar-refractivity contribution in [2.24, 2.45) is 0 Å². The van der Waals surface area contributed by atoms with Crippen LogP contribution in [0, 0.1) is 0 Å². The van der Waals surface area contributed by atoms with Crippen LogP contribution in [-0.4, -0.2) is 7.05 Å². The van der Waals surface area contributed by atoms with Crippen LogP contribution in [0.25, 0.3) is 0 Å². The Morgan fingerprint density at radius 2 is 1.27 bits per heavy atom. The van der Waals surface area contributed by atoms with Gasteiger partial charge in [0.05, 0.1) is 0 Å². The number of hydrogen-bond acceptors (Lipinski definition) is 1. The molecule has 0 amide bonds. The van der Waals surface area contributed by atoms with Gasteiger partial charge in [-0.2, -0.15) is 0 Å². The van der Waals surface area contributed by atoms with Crippen LogP contribution in [0.15, 0.2) is 30.3 Å². The lowest BCUT2D eigenvalue weighted by Gasteiger charge is -2.30. The third-order valence-corrected chi connectivity index (χ3v) is 4.99. The Labute approximate surface area is 138 Å². The highest BCUT2D eigenvalue weighted by molar-refractivity contribution is 5.23. The number of hydrogen-bond donors (Lipinski definition) is 1.